The van der Waals surface area contributed by atoms with Gasteiger partial charge in [-0.2, -0.15) is 0 Å². The number of ether oxygens (including phenoxy) is 1. The monoisotopic (exact) mass is 257 g/mol. The molecule has 1 fully saturated rings. The van der Waals surface area contributed by atoms with Crippen LogP contribution in [0, 0.1) is 0 Å². The normalized spacial score (nSPS) is 26.7. The average molecular weight is 257 g/mol. The first-order valence-electron chi connectivity index (χ1n) is 7.38. The van der Waals surface area contributed by atoms with Crippen molar-refractivity contribution in [1.29, 1.82) is 0 Å². The van der Waals surface area contributed by atoms with Crippen molar-refractivity contribution in [2.45, 2.75) is 39.3 Å². The van der Waals surface area contributed by atoms with Crippen molar-refractivity contribution in [3.8, 4) is 0 Å². The number of rotatable bonds is 8. The first kappa shape index (κ1) is 15.9. The predicted octanol–water partition coefficient (Wildman–Crippen LogP) is 1.03. The van der Waals surface area contributed by atoms with Crippen LogP contribution in [0.4, 0.5) is 0 Å². The van der Waals surface area contributed by atoms with E-state index in [0.717, 1.165) is 39.3 Å². The van der Waals surface area contributed by atoms with Crippen LogP contribution in [0.2, 0.25) is 0 Å². The second-order valence-corrected chi connectivity index (χ2v) is 5.42. The van der Waals surface area contributed by atoms with Crippen molar-refractivity contribution in [2.24, 2.45) is 0 Å². The molecular weight excluding hydrogens is 226 g/mol. The van der Waals surface area contributed by atoms with Gasteiger partial charge in [0, 0.05) is 51.5 Å². The van der Waals surface area contributed by atoms with Gasteiger partial charge in [-0.1, -0.05) is 0 Å². The maximum atomic E-state index is 5.31. The Balaban J connectivity index is 2.02. The van der Waals surface area contributed by atoms with Gasteiger partial charge in [-0.15, -0.1) is 0 Å². The van der Waals surface area contributed by atoms with Crippen LogP contribution < -0.4 is 5.32 Å². The molecule has 0 bridgehead atoms. The molecule has 4 nitrogen and oxygen atoms in total. The Morgan fingerprint density at radius 2 is 1.83 bits per heavy atom. The second kappa shape index (κ2) is 8.86. The molecule has 4 heteroatoms. The molecule has 1 aliphatic rings. The summed E-state index contributed by atoms with van der Waals surface area (Å²) in [6.45, 7) is 14.1. The van der Waals surface area contributed by atoms with Gasteiger partial charge in [-0.3, -0.25) is 9.80 Å². The molecule has 0 aliphatic carbocycles. The first-order valence-corrected chi connectivity index (χ1v) is 7.38. The van der Waals surface area contributed by atoms with Gasteiger partial charge in [-0.05, 0) is 40.8 Å². The fourth-order valence-corrected chi connectivity index (χ4v) is 2.50. The lowest BCUT2D eigenvalue weighted by molar-refractivity contribution is 0.0606. The fraction of sp³-hybridized carbons (Fsp3) is 1.00. The number of hydrogen-bond donors (Lipinski definition) is 1. The van der Waals surface area contributed by atoms with E-state index in [2.05, 4.69) is 36.0 Å². The SMILES string of the molecule is CCOCCCNCCN1CC(C)N(C)C(C)C1. The van der Waals surface area contributed by atoms with Gasteiger partial charge < -0.3 is 10.1 Å². The van der Waals surface area contributed by atoms with Crippen LogP contribution >= 0.6 is 0 Å². The molecule has 2 unspecified atom stereocenters. The fourth-order valence-electron chi connectivity index (χ4n) is 2.50. The van der Waals surface area contributed by atoms with Gasteiger partial charge in [0.2, 0.25) is 0 Å². The molecular formula is C14H31N3O. The van der Waals surface area contributed by atoms with E-state index < -0.39 is 0 Å². The zero-order chi connectivity index (χ0) is 13.4. The molecule has 0 aromatic rings. The lowest BCUT2D eigenvalue weighted by Gasteiger charge is -2.42. The van der Waals surface area contributed by atoms with Gasteiger partial charge in [0.15, 0.2) is 0 Å². The molecule has 1 rings (SSSR count). The Morgan fingerprint density at radius 3 is 2.44 bits per heavy atom. The molecule has 0 aromatic carbocycles. The Kier molecular flexibility index (Phi) is 7.82. The van der Waals surface area contributed by atoms with Crippen molar-refractivity contribution in [3.05, 3.63) is 0 Å². The largest absolute Gasteiger partial charge is 0.382 e. The van der Waals surface area contributed by atoms with E-state index in [1.807, 2.05) is 6.92 Å². The second-order valence-electron chi connectivity index (χ2n) is 5.42. The van der Waals surface area contributed by atoms with Crippen LogP contribution in [-0.4, -0.2) is 74.9 Å². The molecule has 1 aliphatic heterocycles. The van der Waals surface area contributed by atoms with Gasteiger partial charge >= 0.3 is 0 Å². The zero-order valence-electron chi connectivity index (χ0n) is 12.6. The minimum atomic E-state index is 0.673. The highest BCUT2D eigenvalue weighted by atomic mass is 16.5. The maximum Gasteiger partial charge on any atom is 0.0477 e. The number of likely N-dealkylation sites (N-methyl/N-ethyl adjacent to an activating group) is 1. The van der Waals surface area contributed by atoms with Crippen molar-refractivity contribution >= 4 is 0 Å². The Hall–Kier alpha value is -0.160. The van der Waals surface area contributed by atoms with Gasteiger partial charge in [0.25, 0.3) is 0 Å². The van der Waals surface area contributed by atoms with Gasteiger partial charge in [0.1, 0.15) is 0 Å². The minimum absolute atomic E-state index is 0.673. The van der Waals surface area contributed by atoms with Crippen LogP contribution in [0.5, 0.6) is 0 Å². The molecule has 2 atom stereocenters. The summed E-state index contributed by atoms with van der Waals surface area (Å²) >= 11 is 0. The zero-order valence-corrected chi connectivity index (χ0v) is 12.6. The predicted molar refractivity (Wildman–Crippen MR) is 77.1 cm³/mol. The molecule has 1 heterocycles. The molecule has 0 saturated carbocycles. The van der Waals surface area contributed by atoms with Crippen LogP contribution in [0.15, 0.2) is 0 Å². The highest BCUT2D eigenvalue weighted by Gasteiger charge is 2.25. The van der Waals surface area contributed by atoms with E-state index in [-0.39, 0.29) is 0 Å². The van der Waals surface area contributed by atoms with Crippen LogP contribution in [0.3, 0.4) is 0 Å². The van der Waals surface area contributed by atoms with E-state index in [4.69, 9.17) is 4.74 Å². The van der Waals surface area contributed by atoms with E-state index >= 15 is 0 Å². The molecule has 108 valence electrons. The number of nitrogens with zero attached hydrogens (tertiary/aromatic N) is 2. The van der Waals surface area contributed by atoms with Crippen molar-refractivity contribution in [1.82, 2.24) is 15.1 Å². The van der Waals surface area contributed by atoms with Gasteiger partial charge in [-0.25, -0.2) is 0 Å². The van der Waals surface area contributed by atoms with Gasteiger partial charge in [0.05, 0.1) is 0 Å². The first-order chi connectivity index (χ1) is 8.65. The summed E-state index contributed by atoms with van der Waals surface area (Å²) in [5, 5.41) is 3.50. The summed E-state index contributed by atoms with van der Waals surface area (Å²) in [7, 11) is 2.23. The summed E-state index contributed by atoms with van der Waals surface area (Å²) in [5.74, 6) is 0. The van der Waals surface area contributed by atoms with E-state index in [1.165, 1.54) is 13.1 Å². The summed E-state index contributed by atoms with van der Waals surface area (Å²) in [4.78, 5) is 5.05. The molecule has 0 spiro atoms. The van der Waals surface area contributed by atoms with Crippen LogP contribution in [0.25, 0.3) is 0 Å². The third kappa shape index (κ3) is 5.65. The molecule has 0 amide bonds. The molecule has 0 radical (unpaired) electrons. The van der Waals surface area contributed by atoms with Crippen LogP contribution in [-0.2, 0) is 4.74 Å². The minimum Gasteiger partial charge on any atom is -0.382 e. The summed E-state index contributed by atoms with van der Waals surface area (Å²) in [5.41, 5.74) is 0. The van der Waals surface area contributed by atoms with E-state index in [0.29, 0.717) is 12.1 Å². The molecule has 1 saturated heterocycles. The Morgan fingerprint density at radius 1 is 1.17 bits per heavy atom. The third-order valence-corrected chi connectivity index (χ3v) is 3.89. The standard InChI is InChI=1S/C14H31N3O/c1-5-18-10-6-7-15-8-9-17-11-13(2)16(4)14(3)12-17/h13-15H,5-12H2,1-4H3. The van der Waals surface area contributed by atoms with Crippen molar-refractivity contribution in [2.75, 3.05) is 53.0 Å². The van der Waals surface area contributed by atoms with Crippen molar-refractivity contribution in [3.63, 3.8) is 0 Å². The Bertz CT molecular complexity index is 201. The number of nitrogens with one attached hydrogen (secondary N) is 1. The lowest BCUT2D eigenvalue weighted by Crippen LogP contribution is -2.55. The Labute approximate surface area is 113 Å². The average Bonchev–Trinajstić information content (AvgIpc) is 2.34. The highest BCUT2D eigenvalue weighted by molar-refractivity contribution is 4.82. The number of hydrogen-bond acceptors (Lipinski definition) is 4. The van der Waals surface area contributed by atoms with E-state index in [1.54, 1.807) is 0 Å². The third-order valence-electron chi connectivity index (χ3n) is 3.89. The highest BCUT2D eigenvalue weighted by Crippen LogP contribution is 2.12. The van der Waals surface area contributed by atoms with Crippen molar-refractivity contribution < 1.29 is 4.74 Å². The lowest BCUT2D eigenvalue weighted by atomic mass is 10.1. The summed E-state index contributed by atoms with van der Waals surface area (Å²) in [6, 6.07) is 1.35. The molecule has 0 aromatic heterocycles. The summed E-state index contributed by atoms with van der Waals surface area (Å²) in [6.07, 6.45) is 1.11. The smallest absolute Gasteiger partial charge is 0.0477 e. The molecule has 18 heavy (non-hydrogen) atoms. The molecule has 1 N–H and O–H groups in total. The number of piperazine rings is 1. The topological polar surface area (TPSA) is 27.7 Å². The van der Waals surface area contributed by atoms with Crippen LogP contribution in [0.1, 0.15) is 27.2 Å². The summed E-state index contributed by atoms with van der Waals surface area (Å²) < 4.78 is 5.31. The quantitative estimate of drug-likeness (QED) is 0.657. The maximum absolute atomic E-state index is 5.31. The van der Waals surface area contributed by atoms with E-state index in [9.17, 15) is 0 Å².